The van der Waals surface area contributed by atoms with E-state index in [0.717, 1.165) is 0 Å². The lowest BCUT2D eigenvalue weighted by Gasteiger charge is -2.18. The smallest absolute Gasteiger partial charge is 0.325 e. The third-order valence-corrected chi connectivity index (χ3v) is 2.66. The summed E-state index contributed by atoms with van der Waals surface area (Å²) in [5, 5.41) is 0. The van der Waals surface area contributed by atoms with E-state index in [1.54, 1.807) is 25.1 Å². The monoisotopic (exact) mass is 281 g/mol. The second kappa shape index (κ2) is 7.37. The van der Waals surface area contributed by atoms with Gasteiger partial charge >= 0.3 is 5.97 Å². The summed E-state index contributed by atoms with van der Waals surface area (Å²) in [5.41, 5.74) is 0.332. The van der Waals surface area contributed by atoms with Crippen molar-refractivity contribution in [2.75, 3.05) is 34.4 Å². The van der Waals surface area contributed by atoms with E-state index in [1.165, 1.54) is 26.2 Å². The first-order valence-electron chi connectivity index (χ1n) is 6.16. The van der Waals surface area contributed by atoms with Crippen molar-refractivity contribution in [3.8, 4) is 11.5 Å². The second-order valence-corrected chi connectivity index (χ2v) is 4.03. The maximum Gasteiger partial charge on any atom is 0.325 e. The van der Waals surface area contributed by atoms with Crippen LogP contribution >= 0.6 is 0 Å². The molecular weight excluding hydrogens is 262 g/mol. The molecule has 1 amide bonds. The van der Waals surface area contributed by atoms with Crippen LogP contribution < -0.4 is 9.47 Å². The van der Waals surface area contributed by atoms with Crippen LogP contribution in [0.1, 0.15) is 17.3 Å². The molecule has 0 fully saturated rings. The zero-order valence-electron chi connectivity index (χ0n) is 12.1. The fourth-order valence-electron chi connectivity index (χ4n) is 1.66. The molecule has 0 heterocycles. The second-order valence-electron chi connectivity index (χ2n) is 4.03. The summed E-state index contributed by atoms with van der Waals surface area (Å²) in [6, 6.07) is 4.91. The van der Waals surface area contributed by atoms with Crippen LogP contribution in [-0.2, 0) is 9.53 Å². The van der Waals surface area contributed by atoms with Crippen molar-refractivity contribution in [3.63, 3.8) is 0 Å². The average molecular weight is 281 g/mol. The van der Waals surface area contributed by atoms with E-state index in [9.17, 15) is 9.59 Å². The van der Waals surface area contributed by atoms with E-state index in [0.29, 0.717) is 17.1 Å². The summed E-state index contributed by atoms with van der Waals surface area (Å²) in [7, 11) is 4.51. The highest BCUT2D eigenvalue weighted by Gasteiger charge is 2.20. The van der Waals surface area contributed by atoms with Gasteiger partial charge in [0.05, 0.1) is 26.4 Å². The Morgan fingerprint density at radius 3 is 2.45 bits per heavy atom. The number of likely N-dealkylation sites (N-methyl/N-ethyl adjacent to an activating group) is 1. The molecule has 0 aromatic heterocycles. The molecule has 0 aliphatic carbocycles. The van der Waals surface area contributed by atoms with Crippen molar-refractivity contribution in [1.82, 2.24) is 4.90 Å². The van der Waals surface area contributed by atoms with E-state index in [2.05, 4.69) is 0 Å². The summed E-state index contributed by atoms with van der Waals surface area (Å²) in [4.78, 5) is 25.0. The van der Waals surface area contributed by atoms with E-state index in [4.69, 9.17) is 14.2 Å². The number of esters is 1. The SMILES string of the molecule is CCOC(=O)CN(C)C(=O)c1cc(OC)ccc1OC. The highest BCUT2D eigenvalue weighted by molar-refractivity contribution is 5.98. The molecule has 110 valence electrons. The van der Waals surface area contributed by atoms with Gasteiger partial charge in [-0.15, -0.1) is 0 Å². The highest BCUT2D eigenvalue weighted by Crippen LogP contribution is 2.24. The zero-order chi connectivity index (χ0) is 15.1. The number of rotatable bonds is 6. The minimum absolute atomic E-state index is 0.118. The molecule has 0 saturated heterocycles. The minimum atomic E-state index is -0.454. The number of carbonyl (C=O) groups is 2. The van der Waals surface area contributed by atoms with E-state index < -0.39 is 5.97 Å². The fraction of sp³-hybridized carbons (Fsp3) is 0.429. The Balaban J connectivity index is 2.92. The lowest BCUT2D eigenvalue weighted by atomic mass is 10.1. The molecule has 0 aliphatic heterocycles. The van der Waals surface area contributed by atoms with Gasteiger partial charge in [-0.05, 0) is 25.1 Å². The molecule has 1 aromatic carbocycles. The van der Waals surface area contributed by atoms with Crippen LogP contribution in [0.2, 0.25) is 0 Å². The van der Waals surface area contributed by atoms with Gasteiger partial charge in [0.2, 0.25) is 0 Å². The lowest BCUT2D eigenvalue weighted by molar-refractivity contribution is -0.143. The molecule has 1 rings (SSSR count). The van der Waals surface area contributed by atoms with Gasteiger partial charge in [-0.1, -0.05) is 0 Å². The third kappa shape index (κ3) is 3.88. The fourth-order valence-corrected chi connectivity index (χ4v) is 1.66. The number of hydrogen-bond donors (Lipinski definition) is 0. The minimum Gasteiger partial charge on any atom is -0.497 e. The maximum absolute atomic E-state index is 12.3. The molecule has 0 atom stereocenters. The van der Waals surface area contributed by atoms with Gasteiger partial charge in [0, 0.05) is 7.05 Å². The molecule has 6 heteroatoms. The Hall–Kier alpha value is -2.24. The predicted octanol–water partition coefficient (Wildman–Crippen LogP) is 1.34. The topological polar surface area (TPSA) is 65.1 Å². The number of hydrogen-bond acceptors (Lipinski definition) is 5. The van der Waals surface area contributed by atoms with Crippen LogP contribution in [0.4, 0.5) is 0 Å². The van der Waals surface area contributed by atoms with E-state index in [-0.39, 0.29) is 19.1 Å². The Labute approximate surface area is 118 Å². The van der Waals surface area contributed by atoms with Crippen molar-refractivity contribution >= 4 is 11.9 Å². The molecule has 0 unspecified atom stereocenters. The molecule has 1 aromatic rings. The van der Waals surface area contributed by atoms with Gasteiger partial charge in [0.15, 0.2) is 0 Å². The van der Waals surface area contributed by atoms with Gasteiger partial charge in [-0.25, -0.2) is 0 Å². The first-order valence-corrected chi connectivity index (χ1v) is 6.16. The number of methoxy groups -OCH3 is 2. The standard InChI is InChI=1S/C14H19NO5/c1-5-20-13(16)9-15(2)14(17)11-8-10(18-3)6-7-12(11)19-4/h6-8H,5,9H2,1-4H3. The van der Waals surface area contributed by atoms with Crippen LogP contribution in [0.3, 0.4) is 0 Å². The van der Waals surface area contributed by atoms with Gasteiger partial charge in [-0.2, -0.15) is 0 Å². The Morgan fingerprint density at radius 2 is 1.90 bits per heavy atom. The van der Waals surface area contributed by atoms with Gasteiger partial charge in [0.25, 0.3) is 5.91 Å². The largest absolute Gasteiger partial charge is 0.497 e. The summed E-state index contributed by atoms with van der Waals surface area (Å²) < 4.78 is 15.0. The van der Waals surface area contributed by atoms with Crippen LogP contribution in [0, 0.1) is 0 Å². The number of ether oxygens (including phenoxy) is 3. The lowest BCUT2D eigenvalue weighted by Crippen LogP contribution is -2.33. The van der Waals surface area contributed by atoms with Crippen LogP contribution in [0.25, 0.3) is 0 Å². The summed E-state index contributed by atoms with van der Waals surface area (Å²) >= 11 is 0. The molecule has 0 N–H and O–H groups in total. The normalized spacial score (nSPS) is 9.80. The first kappa shape index (κ1) is 15.8. The van der Waals surface area contributed by atoms with Crippen molar-refractivity contribution in [2.24, 2.45) is 0 Å². The van der Waals surface area contributed by atoms with Crippen LogP contribution in [0.5, 0.6) is 11.5 Å². The number of carbonyl (C=O) groups excluding carboxylic acids is 2. The van der Waals surface area contributed by atoms with Gasteiger partial charge in [-0.3, -0.25) is 9.59 Å². The summed E-state index contributed by atoms with van der Waals surface area (Å²) in [5.74, 6) is 0.171. The maximum atomic E-state index is 12.3. The van der Waals surface area contributed by atoms with Crippen LogP contribution in [0.15, 0.2) is 18.2 Å². The molecule has 0 bridgehead atoms. The van der Waals surface area contributed by atoms with Crippen molar-refractivity contribution in [2.45, 2.75) is 6.92 Å². The summed E-state index contributed by atoms with van der Waals surface area (Å²) in [6.07, 6.45) is 0. The van der Waals surface area contributed by atoms with E-state index >= 15 is 0 Å². The molecule has 6 nitrogen and oxygen atoms in total. The predicted molar refractivity (Wildman–Crippen MR) is 73.1 cm³/mol. The Bertz CT molecular complexity index is 486. The van der Waals surface area contributed by atoms with Gasteiger partial charge in [0.1, 0.15) is 18.0 Å². The average Bonchev–Trinajstić information content (AvgIpc) is 2.45. The number of nitrogens with zero attached hydrogens (tertiary/aromatic N) is 1. The van der Waals surface area contributed by atoms with Crippen LogP contribution in [-0.4, -0.2) is 51.2 Å². The molecule has 0 aliphatic rings. The molecule has 20 heavy (non-hydrogen) atoms. The number of amides is 1. The Morgan fingerprint density at radius 1 is 1.20 bits per heavy atom. The third-order valence-electron chi connectivity index (χ3n) is 2.66. The Kier molecular flexibility index (Phi) is 5.83. The summed E-state index contributed by atoms with van der Waals surface area (Å²) in [6.45, 7) is 1.88. The van der Waals surface area contributed by atoms with Gasteiger partial charge < -0.3 is 19.1 Å². The number of benzene rings is 1. The van der Waals surface area contributed by atoms with E-state index in [1.807, 2.05) is 0 Å². The molecule has 0 radical (unpaired) electrons. The zero-order valence-corrected chi connectivity index (χ0v) is 12.1. The molecule has 0 saturated carbocycles. The van der Waals surface area contributed by atoms with Crippen molar-refractivity contribution < 1.29 is 23.8 Å². The van der Waals surface area contributed by atoms with Crippen molar-refractivity contribution in [1.29, 1.82) is 0 Å². The first-order chi connectivity index (χ1) is 9.53. The highest BCUT2D eigenvalue weighted by atomic mass is 16.5. The quantitative estimate of drug-likeness (QED) is 0.736. The van der Waals surface area contributed by atoms with Crippen molar-refractivity contribution in [3.05, 3.63) is 23.8 Å². The molecular formula is C14H19NO5. The molecule has 0 spiro atoms.